The molecule has 2 aliphatic rings. The van der Waals surface area contributed by atoms with Gasteiger partial charge < -0.3 is 5.32 Å². The Hall–Kier alpha value is -3.50. The monoisotopic (exact) mass is 492 g/mol. The zero-order valence-corrected chi connectivity index (χ0v) is 19.8. The van der Waals surface area contributed by atoms with E-state index in [-0.39, 0.29) is 19.0 Å². The molecule has 4 aromatic rings. The number of benzene rings is 1. The molecule has 1 fully saturated rings. The number of carbonyl (C=O) groups is 1. The quantitative estimate of drug-likeness (QED) is 0.442. The molecule has 1 N–H and O–H groups in total. The summed E-state index contributed by atoms with van der Waals surface area (Å²) in [4.78, 5) is 23.2. The van der Waals surface area contributed by atoms with Crippen LogP contribution in [0.15, 0.2) is 48.8 Å². The standard InChI is InChI=1S/C25H22F2N6OS/c1-15(34)29-24-30-20-9-8-19-21(17-3-2-10-28-11-17)31-33(22(19)23(20)35-24)18-6-4-16(5-7-18)12-32-13-25(26,27)14-32/h2-7,10-11H,8-9,12-14H2,1H3,(H,29,30,34). The van der Waals surface area contributed by atoms with E-state index in [4.69, 9.17) is 5.10 Å². The van der Waals surface area contributed by atoms with Crippen LogP contribution in [0.3, 0.4) is 0 Å². The van der Waals surface area contributed by atoms with Crippen molar-refractivity contribution in [3.63, 3.8) is 0 Å². The van der Waals surface area contributed by atoms with E-state index in [1.54, 1.807) is 11.1 Å². The van der Waals surface area contributed by atoms with Gasteiger partial charge in [0.25, 0.3) is 5.92 Å². The Morgan fingerprint density at radius 2 is 1.97 bits per heavy atom. The van der Waals surface area contributed by atoms with Crippen molar-refractivity contribution in [3.05, 3.63) is 65.6 Å². The minimum absolute atomic E-state index is 0.156. The number of aromatic nitrogens is 4. The zero-order valence-electron chi connectivity index (χ0n) is 19.0. The summed E-state index contributed by atoms with van der Waals surface area (Å²) in [6, 6.07) is 11.8. The second-order valence-corrected chi connectivity index (χ2v) is 9.97. The molecule has 0 radical (unpaired) electrons. The second-order valence-electron chi connectivity index (χ2n) is 8.97. The van der Waals surface area contributed by atoms with Crippen LogP contribution in [0.1, 0.15) is 23.7 Å². The number of hydrogen-bond donors (Lipinski definition) is 1. The molecule has 6 rings (SSSR count). The first kappa shape index (κ1) is 22.0. The maximum atomic E-state index is 13.2. The molecule has 1 aliphatic carbocycles. The minimum atomic E-state index is -2.57. The molecule has 0 saturated carbocycles. The maximum Gasteiger partial charge on any atom is 0.272 e. The van der Waals surface area contributed by atoms with Crippen LogP contribution in [-0.2, 0) is 24.2 Å². The summed E-state index contributed by atoms with van der Waals surface area (Å²) in [5.41, 5.74) is 6.69. The van der Waals surface area contributed by atoms with Gasteiger partial charge in [0.05, 0.1) is 40.7 Å². The lowest BCUT2D eigenvalue weighted by atomic mass is 9.95. The van der Waals surface area contributed by atoms with E-state index < -0.39 is 5.92 Å². The first-order valence-corrected chi connectivity index (χ1v) is 12.2. The maximum absolute atomic E-state index is 13.2. The van der Waals surface area contributed by atoms with Gasteiger partial charge in [0.15, 0.2) is 5.13 Å². The summed E-state index contributed by atoms with van der Waals surface area (Å²) in [6.45, 7) is 1.58. The lowest BCUT2D eigenvalue weighted by Gasteiger charge is -2.38. The highest BCUT2D eigenvalue weighted by Gasteiger charge is 2.43. The molecule has 1 aromatic carbocycles. The van der Waals surface area contributed by atoms with Crippen molar-refractivity contribution in [2.75, 3.05) is 18.4 Å². The number of fused-ring (bicyclic) bond motifs is 3. The predicted octanol–water partition coefficient (Wildman–Crippen LogP) is 4.57. The third kappa shape index (κ3) is 4.12. The molecule has 4 heterocycles. The van der Waals surface area contributed by atoms with Crippen molar-refractivity contribution < 1.29 is 13.6 Å². The largest absolute Gasteiger partial charge is 0.302 e. The van der Waals surface area contributed by atoms with E-state index in [0.29, 0.717) is 11.7 Å². The number of hydrogen-bond acceptors (Lipinski definition) is 6. The Kier molecular flexibility index (Phi) is 5.23. The molecule has 0 atom stereocenters. The number of nitrogens with zero attached hydrogens (tertiary/aromatic N) is 5. The average Bonchev–Trinajstić information content (AvgIpc) is 3.39. The molecular weight excluding hydrogens is 470 g/mol. The van der Waals surface area contributed by atoms with Crippen LogP contribution in [0.2, 0.25) is 0 Å². The molecule has 1 aliphatic heterocycles. The molecule has 0 unspecified atom stereocenters. The van der Waals surface area contributed by atoms with Crippen molar-refractivity contribution in [1.29, 1.82) is 0 Å². The molecule has 35 heavy (non-hydrogen) atoms. The molecule has 1 saturated heterocycles. The predicted molar refractivity (Wildman–Crippen MR) is 130 cm³/mol. The van der Waals surface area contributed by atoms with E-state index in [2.05, 4.69) is 15.3 Å². The minimum Gasteiger partial charge on any atom is -0.302 e. The number of halogens is 2. The molecule has 10 heteroatoms. The number of aryl methyl sites for hydroxylation is 1. The second kappa shape index (κ2) is 8.31. The summed E-state index contributed by atoms with van der Waals surface area (Å²) >= 11 is 1.45. The molecule has 7 nitrogen and oxygen atoms in total. The van der Waals surface area contributed by atoms with Crippen molar-refractivity contribution in [2.24, 2.45) is 0 Å². The van der Waals surface area contributed by atoms with Gasteiger partial charge in [-0.15, -0.1) is 0 Å². The van der Waals surface area contributed by atoms with Gasteiger partial charge in [-0.2, -0.15) is 5.10 Å². The van der Waals surface area contributed by atoms with Crippen LogP contribution in [0.4, 0.5) is 13.9 Å². The SMILES string of the molecule is CC(=O)Nc1nc2c(s1)-c1c(c(-c3cccnc3)nn1-c1ccc(CN3CC(F)(F)C3)cc1)CC2. The number of amides is 1. The molecule has 0 spiro atoms. The number of nitrogens with one attached hydrogen (secondary N) is 1. The number of pyridine rings is 1. The number of likely N-dealkylation sites (tertiary alicyclic amines) is 1. The molecule has 0 bridgehead atoms. The van der Waals surface area contributed by atoms with Gasteiger partial charge in [0, 0.05) is 37.0 Å². The molecule has 3 aromatic heterocycles. The van der Waals surface area contributed by atoms with E-state index in [1.165, 1.54) is 18.3 Å². The summed E-state index contributed by atoms with van der Waals surface area (Å²) in [5, 5.41) is 8.38. The van der Waals surface area contributed by atoms with Gasteiger partial charge in [0.1, 0.15) is 0 Å². The fraction of sp³-hybridized carbons (Fsp3) is 0.280. The lowest BCUT2D eigenvalue weighted by molar-refractivity contribution is -0.133. The first-order valence-electron chi connectivity index (χ1n) is 11.4. The Balaban J connectivity index is 1.40. The van der Waals surface area contributed by atoms with Crippen LogP contribution < -0.4 is 5.32 Å². The summed E-state index contributed by atoms with van der Waals surface area (Å²) in [5.74, 6) is -2.73. The van der Waals surface area contributed by atoms with Crippen molar-refractivity contribution in [1.82, 2.24) is 24.6 Å². The average molecular weight is 493 g/mol. The Morgan fingerprint density at radius 1 is 1.17 bits per heavy atom. The fourth-order valence-electron chi connectivity index (χ4n) is 4.72. The number of carbonyl (C=O) groups excluding carboxylic acids is 1. The summed E-state index contributed by atoms with van der Waals surface area (Å²) < 4.78 is 28.3. The van der Waals surface area contributed by atoms with Crippen molar-refractivity contribution in [3.8, 4) is 27.5 Å². The summed E-state index contributed by atoms with van der Waals surface area (Å²) in [7, 11) is 0. The Labute approximate surface area is 204 Å². The zero-order chi connectivity index (χ0) is 24.2. The van der Waals surface area contributed by atoms with Gasteiger partial charge in [-0.25, -0.2) is 18.4 Å². The first-order chi connectivity index (χ1) is 16.9. The third-order valence-corrected chi connectivity index (χ3v) is 7.24. The highest BCUT2D eigenvalue weighted by molar-refractivity contribution is 7.19. The van der Waals surface area contributed by atoms with Crippen LogP contribution in [0.25, 0.3) is 27.5 Å². The van der Waals surface area contributed by atoms with Gasteiger partial charge in [-0.05, 0) is 42.7 Å². The lowest BCUT2D eigenvalue weighted by Crippen LogP contribution is -2.55. The smallest absolute Gasteiger partial charge is 0.272 e. The summed E-state index contributed by atoms with van der Waals surface area (Å²) in [6.07, 6.45) is 5.08. The fourth-order valence-corrected chi connectivity index (χ4v) is 5.83. The number of rotatable bonds is 5. The Morgan fingerprint density at radius 3 is 2.66 bits per heavy atom. The van der Waals surface area contributed by atoms with Gasteiger partial charge >= 0.3 is 0 Å². The van der Waals surface area contributed by atoms with Crippen LogP contribution in [-0.4, -0.2) is 49.6 Å². The van der Waals surface area contributed by atoms with Gasteiger partial charge in [-0.3, -0.25) is 14.7 Å². The van der Waals surface area contributed by atoms with Crippen LogP contribution in [0, 0.1) is 0 Å². The molecule has 1 amide bonds. The van der Waals surface area contributed by atoms with E-state index in [1.807, 2.05) is 47.3 Å². The third-order valence-electron chi connectivity index (χ3n) is 6.22. The van der Waals surface area contributed by atoms with Gasteiger partial charge in [0.2, 0.25) is 5.91 Å². The van der Waals surface area contributed by atoms with Crippen molar-refractivity contribution >= 4 is 22.4 Å². The number of anilines is 1. The molecular formula is C25H22F2N6OS. The van der Waals surface area contributed by atoms with Crippen molar-refractivity contribution in [2.45, 2.75) is 32.2 Å². The number of alkyl halides is 2. The highest BCUT2D eigenvalue weighted by Crippen LogP contribution is 2.44. The Bertz CT molecular complexity index is 1410. The van der Waals surface area contributed by atoms with E-state index in [9.17, 15) is 13.6 Å². The normalized spacial score (nSPS) is 16.3. The number of thiazole rings is 1. The van der Waals surface area contributed by atoms with E-state index >= 15 is 0 Å². The highest BCUT2D eigenvalue weighted by atomic mass is 32.1. The van der Waals surface area contributed by atoms with Gasteiger partial charge in [-0.1, -0.05) is 23.5 Å². The topological polar surface area (TPSA) is 75.9 Å². The van der Waals surface area contributed by atoms with Crippen LogP contribution in [0.5, 0.6) is 0 Å². The molecule has 178 valence electrons. The van der Waals surface area contributed by atoms with E-state index in [0.717, 1.165) is 57.2 Å². The van der Waals surface area contributed by atoms with Crippen LogP contribution >= 0.6 is 11.3 Å².